The number of nitriles is 1. The Morgan fingerprint density at radius 2 is 1.73 bits per heavy atom. The highest BCUT2D eigenvalue weighted by Crippen LogP contribution is 2.38. The van der Waals surface area contributed by atoms with Gasteiger partial charge < -0.3 is 0 Å². The molecule has 0 saturated heterocycles. The summed E-state index contributed by atoms with van der Waals surface area (Å²) in [6.45, 7) is 0. The van der Waals surface area contributed by atoms with Crippen molar-refractivity contribution in [1.29, 1.82) is 5.26 Å². The first-order valence-corrected chi connectivity index (χ1v) is 7.72. The van der Waals surface area contributed by atoms with Crippen LogP contribution in [0.25, 0.3) is 0 Å². The van der Waals surface area contributed by atoms with E-state index in [1.54, 1.807) is 12.1 Å². The third-order valence-electron chi connectivity index (χ3n) is 4.49. The van der Waals surface area contributed by atoms with Crippen molar-refractivity contribution in [3.8, 4) is 6.07 Å². The van der Waals surface area contributed by atoms with Crippen molar-refractivity contribution in [2.75, 3.05) is 0 Å². The molecule has 0 bridgehead atoms. The van der Waals surface area contributed by atoms with Crippen LogP contribution in [0.1, 0.15) is 55.6 Å². The van der Waals surface area contributed by atoms with Gasteiger partial charge in [0.05, 0.1) is 11.6 Å². The second-order valence-electron chi connectivity index (χ2n) is 5.95. The molecule has 0 aliphatic heterocycles. The van der Waals surface area contributed by atoms with Gasteiger partial charge in [-0.3, -0.25) is 0 Å². The van der Waals surface area contributed by atoms with Crippen LogP contribution in [-0.2, 0) is 6.18 Å². The maximum atomic E-state index is 12.6. The van der Waals surface area contributed by atoms with Crippen LogP contribution < -0.4 is 0 Å². The van der Waals surface area contributed by atoms with Crippen LogP contribution in [0.3, 0.4) is 0 Å². The van der Waals surface area contributed by atoms with E-state index >= 15 is 0 Å². The summed E-state index contributed by atoms with van der Waals surface area (Å²) >= 11 is 0. The molecule has 4 heteroatoms. The van der Waals surface area contributed by atoms with E-state index in [0.29, 0.717) is 11.8 Å². The lowest BCUT2D eigenvalue weighted by Crippen LogP contribution is -2.13. The largest absolute Gasteiger partial charge is 0.416 e. The zero-order chi connectivity index (χ0) is 16.0. The van der Waals surface area contributed by atoms with Crippen LogP contribution in [0.2, 0.25) is 0 Å². The first-order chi connectivity index (χ1) is 10.5. The number of allylic oxidation sites excluding steroid dienone is 2. The monoisotopic (exact) mass is 307 g/mol. The number of hydrogen-bond donors (Lipinski definition) is 0. The van der Waals surface area contributed by atoms with Gasteiger partial charge in [0.2, 0.25) is 0 Å². The van der Waals surface area contributed by atoms with E-state index in [1.165, 1.54) is 18.2 Å². The lowest BCUT2D eigenvalue weighted by molar-refractivity contribution is -0.137. The molecule has 2 rings (SSSR count). The second-order valence-corrected chi connectivity index (χ2v) is 5.95. The second kappa shape index (κ2) is 7.49. The summed E-state index contributed by atoms with van der Waals surface area (Å²) in [6.07, 6.45) is 5.51. The van der Waals surface area contributed by atoms with Crippen LogP contribution in [-0.4, -0.2) is 0 Å². The summed E-state index contributed by atoms with van der Waals surface area (Å²) in [7, 11) is 0. The van der Waals surface area contributed by atoms with Crippen molar-refractivity contribution in [2.45, 2.75) is 50.6 Å². The van der Waals surface area contributed by atoms with Crippen molar-refractivity contribution < 1.29 is 13.2 Å². The SMILES string of the molecule is N#CC=CCC[C@H]1CC[C@H](c2ccc(C(F)(F)F)cc2)CC1. The van der Waals surface area contributed by atoms with Crippen LogP contribution in [0.15, 0.2) is 36.4 Å². The van der Waals surface area contributed by atoms with Gasteiger partial charge in [0.25, 0.3) is 0 Å². The zero-order valence-corrected chi connectivity index (χ0v) is 12.4. The average molecular weight is 307 g/mol. The Kier molecular flexibility index (Phi) is 5.65. The lowest BCUT2D eigenvalue weighted by atomic mass is 9.77. The Balaban J connectivity index is 1.84. The molecule has 0 spiro atoms. The minimum Gasteiger partial charge on any atom is -0.193 e. The summed E-state index contributed by atoms with van der Waals surface area (Å²) < 4.78 is 37.7. The van der Waals surface area contributed by atoms with Gasteiger partial charge in [0, 0.05) is 6.08 Å². The molecule has 0 N–H and O–H groups in total. The summed E-state index contributed by atoms with van der Waals surface area (Å²) in [5.41, 5.74) is 0.449. The Labute approximate surface area is 129 Å². The van der Waals surface area contributed by atoms with E-state index in [2.05, 4.69) is 0 Å². The molecule has 0 amide bonds. The molecule has 1 saturated carbocycles. The van der Waals surface area contributed by atoms with E-state index in [-0.39, 0.29) is 0 Å². The third-order valence-corrected chi connectivity index (χ3v) is 4.49. The normalized spacial score (nSPS) is 22.6. The lowest BCUT2D eigenvalue weighted by Gasteiger charge is -2.28. The van der Waals surface area contributed by atoms with Gasteiger partial charge in [-0.15, -0.1) is 0 Å². The molecule has 1 aromatic carbocycles. The van der Waals surface area contributed by atoms with Crippen molar-refractivity contribution in [3.63, 3.8) is 0 Å². The molecular formula is C18H20F3N. The fourth-order valence-electron chi connectivity index (χ4n) is 3.20. The maximum absolute atomic E-state index is 12.6. The number of alkyl halides is 3. The highest BCUT2D eigenvalue weighted by atomic mass is 19.4. The molecule has 0 heterocycles. The van der Waals surface area contributed by atoms with Gasteiger partial charge >= 0.3 is 6.18 Å². The molecule has 0 radical (unpaired) electrons. The third kappa shape index (κ3) is 4.62. The molecular weight excluding hydrogens is 287 g/mol. The summed E-state index contributed by atoms with van der Waals surface area (Å²) in [6, 6.07) is 7.62. The van der Waals surface area contributed by atoms with Crippen molar-refractivity contribution in [3.05, 3.63) is 47.5 Å². The number of halogens is 3. The Bertz CT molecular complexity index is 529. The van der Waals surface area contributed by atoms with Crippen LogP contribution >= 0.6 is 0 Å². The molecule has 1 fully saturated rings. The zero-order valence-electron chi connectivity index (χ0n) is 12.4. The highest BCUT2D eigenvalue weighted by Gasteiger charge is 2.30. The van der Waals surface area contributed by atoms with Crippen molar-refractivity contribution in [2.24, 2.45) is 5.92 Å². The van der Waals surface area contributed by atoms with E-state index in [4.69, 9.17) is 5.26 Å². The Morgan fingerprint density at radius 3 is 2.27 bits per heavy atom. The molecule has 1 aliphatic rings. The summed E-state index contributed by atoms with van der Waals surface area (Å²) in [5.74, 6) is 1.06. The molecule has 0 aromatic heterocycles. The smallest absolute Gasteiger partial charge is 0.193 e. The highest BCUT2D eigenvalue weighted by molar-refractivity contribution is 5.27. The minimum absolute atomic E-state index is 0.383. The Morgan fingerprint density at radius 1 is 1.09 bits per heavy atom. The topological polar surface area (TPSA) is 23.8 Å². The van der Waals surface area contributed by atoms with Gasteiger partial charge in [-0.1, -0.05) is 18.2 Å². The summed E-state index contributed by atoms with van der Waals surface area (Å²) in [4.78, 5) is 0. The molecule has 1 aliphatic carbocycles. The Hall–Kier alpha value is -1.76. The van der Waals surface area contributed by atoms with Crippen molar-refractivity contribution >= 4 is 0 Å². The van der Waals surface area contributed by atoms with E-state index in [1.807, 2.05) is 12.1 Å². The standard InChI is InChI=1S/C18H20F3N/c19-18(20,21)17-11-9-16(10-12-17)15-7-5-14(6-8-15)4-2-1-3-13-22/h1,3,9-12,14-15H,2,4-8H2/t14-,15-. The average Bonchev–Trinajstić information content (AvgIpc) is 2.51. The minimum atomic E-state index is -4.26. The van der Waals surface area contributed by atoms with Crippen LogP contribution in [0, 0.1) is 17.2 Å². The number of hydrogen-bond acceptors (Lipinski definition) is 1. The van der Waals surface area contributed by atoms with Gasteiger partial charge in [-0.25, -0.2) is 0 Å². The number of benzene rings is 1. The van der Waals surface area contributed by atoms with Gasteiger partial charge in [0.15, 0.2) is 0 Å². The molecule has 1 nitrogen and oxygen atoms in total. The molecule has 0 atom stereocenters. The van der Waals surface area contributed by atoms with Crippen LogP contribution in [0.5, 0.6) is 0 Å². The van der Waals surface area contributed by atoms with E-state index < -0.39 is 11.7 Å². The van der Waals surface area contributed by atoms with Crippen LogP contribution in [0.4, 0.5) is 13.2 Å². The molecule has 1 aromatic rings. The number of rotatable bonds is 4. The van der Waals surface area contributed by atoms with E-state index in [0.717, 1.165) is 44.1 Å². The van der Waals surface area contributed by atoms with Crippen molar-refractivity contribution in [1.82, 2.24) is 0 Å². The molecule has 0 unspecified atom stereocenters. The van der Waals surface area contributed by atoms with E-state index in [9.17, 15) is 13.2 Å². The first-order valence-electron chi connectivity index (χ1n) is 7.72. The predicted octanol–water partition coefficient (Wildman–Crippen LogP) is 5.84. The first kappa shape index (κ1) is 16.6. The molecule has 118 valence electrons. The maximum Gasteiger partial charge on any atom is 0.416 e. The molecule has 22 heavy (non-hydrogen) atoms. The van der Waals surface area contributed by atoms with Gasteiger partial charge in [-0.2, -0.15) is 18.4 Å². The summed E-state index contributed by atoms with van der Waals surface area (Å²) in [5, 5.41) is 8.43. The fourth-order valence-corrected chi connectivity index (χ4v) is 3.20. The number of nitrogens with zero attached hydrogens (tertiary/aromatic N) is 1. The van der Waals surface area contributed by atoms with Gasteiger partial charge in [0.1, 0.15) is 0 Å². The quantitative estimate of drug-likeness (QED) is 0.641. The van der Waals surface area contributed by atoms with Gasteiger partial charge in [-0.05, 0) is 68.1 Å². The fraction of sp³-hybridized carbons (Fsp3) is 0.500. The predicted molar refractivity (Wildman–Crippen MR) is 80.1 cm³/mol.